The number of carbonyl (C=O) groups excluding carboxylic acids is 1. The van der Waals surface area contributed by atoms with Crippen LogP contribution in [-0.4, -0.2) is 35.9 Å². The minimum Gasteiger partial charge on any atom is -0.481 e. The molecule has 1 heterocycles. The van der Waals surface area contributed by atoms with Crippen molar-refractivity contribution in [2.45, 2.75) is 83.5 Å². The van der Waals surface area contributed by atoms with E-state index >= 15 is 0 Å². The van der Waals surface area contributed by atoms with Gasteiger partial charge in [0.2, 0.25) is 0 Å². The quantitative estimate of drug-likeness (QED) is 0.473. The number of carboxylic acid groups (broad SMARTS) is 1. The van der Waals surface area contributed by atoms with Crippen LogP contribution >= 0.6 is 0 Å². The first-order valence-corrected chi connectivity index (χ1v) is 9.80. The Balaban J connectivity index is 1.94. The van der Waals surface area contributed by atoms with Crippen LogP contribution in [0.3, 0.4) is 0 Å². The van der Waals surface area contributed by atoms with Gasteiger partial charge >= 0.3 is 5.97 Å². The third-order valence-electron chi connectivity index (χ3n) is 5.18. The highest BCUT2D eigenvalue weighted by molar-refractivity contribution is 5.87. The summed E-state index contributed by atoms with van der Waals surface area (Å²) < 4.78 is 11.8. The number of Topliss-reactive ketones (excluding diaryl/α,β-unsaturated/α-hetero) is 1. The van der Waals surface area contributed by atoms with Crippen LogP contribution in [0.1, 0.15) is 71.1 Å². The Kier molecular flexibility index (Phi) is 8.62. The van der Waals surface area contributed by atoms with Gasteiger partial charge in [-0.1, -0.05) is 38.3 Å². The molecule has 2 aliphatic rings. The van der Waals surface area contributed by atoms with Crippen molar-refractivity contribution >= 4 is 11.8 Å². The van der Waals surface area contributed by atoms with Gasteiger partial charge in [0, 0.05) is 18.9 Å². The molecule has 2 unspecified atom stereocenters. The second-order valence-corrected chi connectivity index (χ2v) is 7.22. The molecule has 2 rings (SSSR count). The number of rotatable bonds is 10. The van der Waals surface area contributed by atoms with E-state index in [-0.39, 0.29) is 36.4 Å². The summed E-state index contributed by atoms with van der Waals surface area (Å²) in [5.74, 6) is -1.18. The summed E-state index contributed by atoms with van der Waals surface area (Å²) in [5.41, 5.74) is 0. The number of unbranched alkanes of at least 4 members (excludes halogenated alkanes) is 2. The molecule has 25 heavy (non-hydrogen) atoms. The van der Waals surface area contributed by atoms with E-state index in [1.54, 1.807) is 0 Å². The van der Waals surface area contributed by atoms with Crippen LogP contribution in [0.15, 0.2) is 12.2 Å². The van der Waals surface area contributed by atoms with Crippen molar-refractivity contribution in [1.29, 1.82) is 0 Å². The summed E-state index contributed by atoms with van der Waals surface area (Å²) in [5, 5.41) is 9.03. The fraction of sp³-hybridized carbons (Fsp3) is 0.800. The number of carbonyl (C=O) groups is 2. The largest absolute Gasteiger partial charge is 0.481 e. The average molecular weight is 352 g/mol. The first-order valence-electron chi connectivity index (χ1n) is 9.80. The van der Waals surface area contributed by atoms with Crippen molar-refractivity contribution in [2.75, 3.05) is 6.61 Å². The van der Waals surface area contributed by atoms with E-state index in [9.17, 15) is 9.59 Å². The molecule has 5 nitrogen and oxygen atoms in total. The van der Waals surface area contributed by atoms with Gasteiger partial charge in [-0.2, -0.15) is 0 Å². The van der Waals surface area contributed by atoms with E-state index in [1.807, 2.05) is 12.2 Å². The molecule has 1 N–H and O–H groups in total. The van der Waals surface area contributed by atoms with Gasteiger partial charge in [-0.3, -0.25) is 9.59 Å². The molecule has 0 amide bonds. The molecule has 0 spiro atoms. The monoisotopic (exact) mass is 352 g/mol. The number of ketones is 1. The molecular formula is C20H32O5. The predicted molar refractivity (Wildman–Crippen MR) is 95.2 cm³/mol. The van der Waals surface area contributed by atoms with Crippen molar-refractivity contribution < 1.29 is 24.2 Å². The smallest absolute Gasteiger partial charge is 0.304 e. The lowest BCUT2D eigenvalue weighted by Crippen LogP contribution is -2.27. The van der Waals surface area contributed by atoms with Crippen molar-refractivity contribution in [3.63, 3.8) is 0 Å². The molecule has 142 valence electrons. The Hall–Kier alpha value is -1.20. The number of aliphatic carboxylic acids is 1. The molecule has 0 aromatic carbocycles. The molecule has 5 heteroatoms. The van der Waals surface area contributed by atoms with Crippen molar-refractivity contribution in [2.24, 2.45) is 11.8 Å². The Morgan fingerprint density at radius 1 is 1.36 bits per heavy atom. The first kappa shape index (κ1) is 20.1. The van der Waals surface area contributed by atoms with Crippen molar-refractivity contribution in [1.82, 2.24) is 0 Å². The fourth-order valence-corrected chi connectivity index (χ4v) is 3.70. The van der Waals surface area contributed by atoms with Gasteiger partial charge in [0.15, 0.2) is 6.29 Å². The third-order valence-corrected chi connectivity index (χ3v) is 5.18. The van der Waals surface area contributed by atoms with Crippen molar-refractivity contribution in [3.8, 4) is 0 Å². The summed E-state index contributed by atoms with van der Waals surface area (Å²) in [7, 11) is 0. The van der Waals surface area contributed by atoms with Crippen LogP contribution in [0.25, 0.3) is 0 Å². The minimum absolute atomic E-state index is 0.0177. The van der Waals surface area contributed by atoms with E-state index in [4.69, 9.17) is 14.6 Å². The van der Waals surface area contributed by atoms with E-state index in [0.717, 1.165) is 51.6 Å². The average Bonchev–Trinajstić information content (AvgIpc) is 2.93. The van der Waals surface area contributed by atoms with Crippen LogP contribution in [0.4, 0.5) is 0 Å². The topological polar surface area (TPSA) is 72.8 Å². The molecule has 0 aromatic rings. The number of ether oxygens (including phenoxy) is 2. The van der Waals surface area contributed by atoms with Crippen molar-refractivity contribution in [3.05, 3.63) is 12.2 Å². The standard InChI is InChI=1S/C20H32O5/c1-2-3-4-7-16(25-20-8-5-6-13-24-20)11-9-15-10-12-18(21)17(15)14-19(22)23/h9,11,15-17,20H,2-8,10,12-14H2,1H3,(H,22,23)/t15-,16?,17+,20?/m1/s1. The Morgan fingerprint density at radius 3 is 2.88 bits per heavy atom. The first-order chi connectivity index (χ1) is 12.1. The van der Waals surface area contributed by atoms with Gasteiger partial charge in [-0.15, -0.1) is 0 Å². The maximum absolute atomic E-state index is 11.9. The van der Waals surface area contributed by atoms with E-state index in [2.05, 4.69) is 6.92 Å². The molecule has 1 aliphatic carbocycles. The molecule has 1 saturated carbocycles. The second kappa shape index (κ2) is 10.7. The van der Waals surface area contributed by atoms with Gasteiger partial charge < -0.3 is 14.6 Å². The van der Waals surface area contributed by atoms with Crippen LogP contribution in [0.5, 0.6) is 0 Å². The van der Waals surface area contributed by atoms with E-state index in [0.29, 0.717) is 6.42 Å². The van der Waals surface area contributed by atoms with E-state index < -0.39 is 5.97 Å². The summed E-state index contributed by atoms with van der Waals surface area (Å²) in [6.07, 6.45) is 12.6. The molecule has 0 radical (unpaired) electrons. The number of hydrogen-bond acceptors (Lipinski definition) is 4. The lowest BCUT2D eigenvalue weighted by Gasteiger charge is -2.27. The third kappa shape index (κ3) is 6.90. The highest BCUT2D eigenvalue weighted by Gasteiger charge is 2.34. The zero-order valence-electron chi connectivity index (χ0n) is 15.3. The normalized spacial score (nSPS) is 28.5. The SMILES string of the molecule is CCCCCC(C=C[C@@H]1CCC(=O)[C@H]1CC(=O)O)OC1CCCCO1. The second-order valence-electron chi connectivity index (χ2n) is 7.22. The Labute approximate surface area is 150 Å². The highest BCUT2D eigenvalue weighted by atomic mass is 16.7. The molecule has 0 bridgehead atoms. The number of hydrogen-bond donors (Lipinski definition) is 1. The fourth-order valence-electron chi connectivity index (χ4n) is 3.70. The van der Waals surface area contributed by atoms with Gasteiger partial charge in [-0.05, 0) is 38.0 Å². The zero-order valence-corrected chi connectivity index (χ0v) is 15.3. The van der Waals surface area contributed by atoms with Crippen LogP contribution < -0.4 is 0 Å². The maximum Gasteiger partial charge on any atom is 0.304 e. The zero-order chi connectivity index (χ0) is 18.1. The number of allylic oxidation sites excluding steroid dienone is 1. The van der Waals surface area contributed by atoms with Crippen LogP contribution in [0.2, 0.25) is 0 Å². The predicted octanol–water partition coefficient (Wildman–Crippen LogP) is 4.10. The molecular weight excluding hydrogens is 320 g/mol. The Bertz CT molecular complexity index is 453. The Morgan fingerprint density at radius 2 is 2.20 bits per heavy atom. The summed E-state index contributed by atoms with van der Waals surface area (Å²) in [4.78, 5) is 22.9. The van der Waals surface area contributed by atoms with E-state index in [1.165, 1.54) is 6.42 Å². The maximum atomic E-state index is 11.9. The molecule has 4 atom stereocenters. The number of carboxylic acids is 1. The molecule has 2 fully saturated rings. The highest BCUT2D eigenvalue weighted by Crippen LogP contribution is 2.33. The summed E-state index contributed by atoms with van der Waals surface area (Å²) in [6.45, 7) is 2.93. The van der Waals surface area contributed by atoms with Gasteiger partial charge in [0.1, 0.15) is 5.78 Å². The van der Waals surface area contributed by atoms with Gasteiger partial charge in [0.25, 0.3) is 0 Å². The summed E-state index contributed by atoms with van der Waals surface area (Å²) in [6, 6.07) is 0. The van der Waals surface area contributed by atoms with Gasteiger partial charge in [0.05, 0.1) is 12.5 Å². The molecule has 1 saturated heterocycles. The lowest BCUT2D eigenvalue weighted by atomic mass is 9.91. The minimum atomic E-state index is -0.898. The summed E-state index contributed by atoms with van der Waals surface area (Å²) >= 11 is 0. The lowest BCUT2D eigenvalue weighted by molar-refractivity contribution is -0.179. The molecule has 1 aliphatic heterocycles. The van der Waals surface area contributed by atoms with Crippen LogP contribution in [0, 0.1) is 11.8 Å². The molecule has 0 aromatic heterocycles. The van der Waals surface area contributed by atoms with Gasteiger partial charge in [-0.25, -0.2) is 0 Å². The van der Waals surface area contributed by atoms with Crippen LogP contribution in [-0.2, 0) is 19.1 Å².